The highest BCUT2D eigenvalue weighted by molar-refractivity contribution is 6.20. The van der Waals surface area contributed by atoms with Crippen LogP contribution in [0.15, 0.2) is 170 Å². The average molecular weight is 689 g/mol. The van der Waals surface area contributed by atoms with Gasteiger partial charge in [0.05, 0.1) is 0 Å². The van der Waals surface area contributed by atoms with Crippen LogP contribution in [0.1, 0.15) is 49.9 Å². The minimum atomic E-state index is -0.0644. The van der Waals surface area contributed by atoms with Gasteiger partial charge in [0, 0.05) is 10.8 Å². The van der Waals surface area contributed by atoms with Crippen LogP contribution >= 0.6 is 0 Å². The lowest BCUT2D eigenvalue weighted by atomic mass is 9.81. The van der Waals surface area contributed by atoms with Crippen molar-refractivity contribution in [2.75, 3.05) is 0 Å². The summed E-state index contributed by atoms with van der Waals surface area (Å²) in [4.78, 5) is 0. The molecule has 0 amide bonds. The normalized spacial score (nSPS) is 14.6. The molecule has 0 N–H and O–H groups in total. The maximum atomic E-state index is 2.46. The fourth-order valence-corrected chi connectivity index (χ4v) is 9.90. The Hall–Kier alpha value is -6.24. The molecule has 9 aromatic rings. The largest absolute Gasteiger partial charge is 0.0619 e. The van der Waals surface area contributed by atoms with E-state index in [9.17, 15) is 0 Å². The number of hydrogen-bond acceptors (Lipinski definition) is 0. The fraction of sp³-hybridized carbons (Fsp3) is 0.111. The smallest absolute Gasteiger partial charge is 0.0159 e. The van der Waals surface area contributed by atoms with Crippen LogP contribution in [0.2, 0.25) is 0 Å². The molecule has 0 aliphatic heterocycles. The minimum Gasteiger partial charge on any atom is -0.0619 e. The van der Waals surface area contributed by atoms with Crippen LogP contribution in [0.25, 0.3) is 88.0 Å². The van der Waals surface area contributed by atoms with E-state index < -0.39 is 0 Å². The summed E-state index contributed by atoms with van der Waals surface area (Å²) in [6.45, 7) is 9.49. The number of hydrogen-bond donors (Lipinski definition) is 0. The van der Waals surface area contributed by atoms with Gasteiger partial charge in [-0.1, -0.05) is 161 Å². The van der Waals surface area contributed by atoms with Crippen LogP contribution in [0, 0.1) is 0 Å². The summed E-state index contributed by atoms with van der Waals surface area (Å²) < 4.78 is 0. The minimum absolute atomic E-state index is 0.0644. The Morgan fingerprint density at radius 2 is 0.685 bits per heavy atom. The summed E-state index contributed by atoms with van der Waals surface area (Å²) in [5.41, 5.74) is 18.3. The van der Waals surface area contributed by atoms with Crippen molar-refractivity contribution >= 4 is 32.3 Å². The summed E-state index contributed by atoms with van der Waals surface area (Å²) in [7, 11) is 0. The summed E-state index contributed by atoms with van der Waals surface area (Å²) in [5.74, 6) is 0. The van der Waals surface area contributed by atoms with Gasteiger partial charge in [0.25, 0.3) is 0 Å². The van der Waals surface area contributed by atoms with E-state index in [0.717, 1.165) is 0 Å². The summed E-state index contributed by atoms with van der Waals surface area (Å²) >= 11 is 0. The predicted molar refractivity (Wildman–Crippen MR) is 230 cm³/mol. The average Bonchev–Trinajstić information content (AvgIpc) is 3.59. The van der Waals surface area contributed by atoms with Crippen molar-refractivity contribution in [3.05, 3.63) is 192 Å². The monoisotopic (exact) mass is 688 g/mol. The molecule has 0 atom stereocenters. The molecular formula is C54H40. The zero-order chi connectivity index (χ0) is 36.3. The van der Waals surface area contributed by atoms with Crippen molar-refractivity contribution in [3.8, 4) is 55.6 Å². The van der Waals surface area contributed by atoms with Crippen LogP contribution in [0.5, 0.6) is 0 Å². The second-order valence-electron chi connectivity index (χ2n) is 16.5. The molecule has 0 fully saturated rings. The summed E-state index contributed by atoms with van der Waals surface area (Å²) in [6, 6.07) is 64.3. The third kappa shape index (κ3) is 4.44. The number of rotatable bonds is 3. The van der Waals surface area contributed by atoms with Crippen LogP contribution in [-0.2, 0) is 10.8 Å². The molecule has 0 nitrogen and oxygen atoms in total. The molecule has 0 spiro atoms. The van der Waals surface area contributed by atoms with Crippen molar-refractivity contribution in [2.45, 2.75) is 38.5 Å². The molecule has 2 aliphatic rings. The molecule has 256 valence electrons. The third-order valence-electron chi connectivity index (χ3n) is 12.8. The maximum absolute atomic E-state index is 2.46. The zero-order valence-corrected chi connectivity index (χ0v) is 31.2. The van der Waals surface area contributed by atoms with E-state index in [0.29, 0.717) is 0 Å². The molecule has 0 saturated heterocycles. The van der Waals surface area contributed by atoms with Gasteiger partial charge in [-0.2, -0.15) is 0 Å². The van der Waals surface area contributed by atoms with Gasteiger partial charge < -0.3 is 0 Å². The second kappa shape index (κ2) is 11.1. The first-order chi connectivity index (χ1) is 26.3. The summed E-state index contributed by atoms with van der Waals surface area (Å²) in [5, 5.41) is 7.73. The molecule has 0 heterocycles. The Labute approximate surface area is 317 Å². The summed E-state index contributed by atoms with van der Waals surface area (Å²) in [6.07, 6.45) is 0. The molecule has 0 heteroatoms. The van der Waals surface area contributed by atoms with Crippen molar-refractivity contribution in [2.24, 2.45) is 0 Å². The Bertz CT molecular complexity index is 2910. The van der Waals surface area contributed by atoms with Gasteiger partial charge in [-0.25, -0.2) is 0 Å². The van der Waals surface area contributed by atoms with Gasteiger partial charge in [0.1, 0.15) is 0 Å². The standard InChI is InChI=1S/C54H40/c1-53(2)48-15-9-7-13-43(48)45-25-23-37(31-50(45)53)40-27-39(28-41(29-40)38-24-26-46-44-14-8-10-16-49(44)54(3,4)51(46)32-38)36-22-19-34-18-21-35-20-17-33-11-5-6-12-42(33)52(35)47(34)30-36/h5-32H,1-4H3. The van der Waals surface area contributed by atoms with Crippen LogP contribution in [-0.4, -0.2) is 0 Å². The number of benzene rings is 9. The molecule has 0 radical (unpaired) electrons. The molecular weight excluding hydrogens is 649 g/mol. The fourth-order valence-electron chi connectivity index (χ4n) is 9.90. The lowest BCUT2D eigenvalue weighted by molar-refractivity contribution is 0.660. The van der Waals surface area contributed by atoms with Gasteiger partial charge in [-0.15, -0.1) is 0 Å². The van der Waals surface area contributed by atoms with Gasteiger partial charge in [-0.05, 0) is 147 Å². The van der Waals surface area contributed by atoms with Crippen molar-refractivity contribution in [1.82, 2.24) is 0 Å². The molecule has 0 aromatic heterocycles. The first-order valence-corrected chi connectivity index (χ1v) is 19.2. The SMILES string of the molecule is CC1(C)c2ccccc2-c2ccc(-c3cc(-c4ccc5c(c4)C(C)(C)c4ccccc4-5)cc(-c4ccc5ccc6ccc7ccccc7c6c5c4)c3)cc21. The highest BCUT2D eigenvalue weighted by Gasteiger charge is 2.36. The van der Waals surface area contributed by atoms with Gasteiger partial charge in [0.15, 0.2) is 0 Å². The van der Waals surface area contributed by atoms with E-state index in [1.54, 1.807) is 0 Å². The Balaban J connectivity index is 1.13. The topological polar surface area (TPSA) is 0 Å². The molecule has 0 bridgehead atoms. The van der Waals surface area contributed by atoms with Crippen LogP contribution in [0.3, 0.4) is 0 Å². The molecule has 2 aliphatic carbocycles. The molecule has 0 unspecified atom stereocenters. The van der Waals surface area contributed by atoms with E-state index in [4.69, 9.17) is 0 Å². The highest BCUT2D eigenvalue weighted by Crippen LogP contribution is 2.51. The number of fused-ring (bicyclic) bond motifs is 11. The molecule has 0 saturated carbocycles. The lowest BCUT2D eigenvalue weighted by Gasteiger charge is -2.22. The van der Waals surface area contributed by atoms with E-state index in [1.807, 2.05) is 0 Å². The molecule has 9 aromatic carbocycles. The predicted octanol–water partition coefficient (Wildman–Crippen LogP) is 14.8. The Morgan fingerprint density at radius 1 is 0.278 bits per heavy atom. The Kier molecular flexibility index (Phi) is 6.46. The van der Waals surface area contributed by atoms with E-state index in [2.05, 4.69) is 198 Å². The zero-order valence-electron chi connectivity index (χ0n) is 31.2. The van der Waals surface area contributed by atoms with Crippen LogP contribution in [0.4, 0.5) is 0 Å². The first-order valence-electron chi connectivity index (χ1n) is 19.2. The first kappa shape index (κ1) is 31.3. The van der Waals surface area contributed by atoms with Crippen molar-refractivity contribution < 1.29 is 0 Å². The second-order valence-corrected chi connectivity index (χ2v) is 16.5. The van der Waals surface area contributed by atoms with Crippen LogP contribution < -0.4 is 0 Å². The van der Waals surface area contributed by atoms with E-state index in [-0.39, 0.29) is 10.8 Å². The maximum Gasteiger partial charge on any atom is 0.0159 e. The van der Waals surface area contributed by atoms with Crippen molar-refractivity contribution in [1.29, 1.82) is 0 Å². The van der Waals surface area contributed by atoms with Gasteiger partial charge >= 0.3 is 0 Å². The molecule has 54 heavy (non-hydrogen) atoms. The Morgan fingerprint density at radius 3 is 1.26 bits per heavy atom. The van der Waals surface area contributed by atoms with Crippen molar-refractivity contribution in [3.63, 3.8) is 0 Å². The van der Waals surface area contributed by atoms with E-state index in [1.165, 1.54) is 110 Å². The third-order valence-corrected chi connectivity index (χ3v) is 12.8. The quantitative estimate of drug-likeness (QED) is 0.162. The van der Waals surface area contributed by atoms with Gasteiger partial charge in [-0.3, -0.25) is 0 Å². The highest BCUT2D eigenvalue weighted by atomic mass is 14.4. The van der Waals surface area contributed by atoms with E-state index >= 15 is 0 Å². The molecule has 11 rings (SSSR count). The van der Waals surface area contributed by atoms with Gasteiger partial charge in [0.2, 0.25) is 0 Å². The lowest BCUT2D eigenvalue weighted by Crippen LogP contribution is -2.15.